The van der Waals surface area contributed by atoms with Crippen molar-refractivity contribution in [3.63, 3.8) is 0 Å². The molecule has 1 heterocycles. The van der Waals surface area contributed by atoms with Crippen LogP contribution in [0.5, 0.6) is 0 Å². The first-order valence-corrected chi connectivity index (χ1v) is 6.53. The van der Waals surface area contributed by atoms with Crippen molar-refractivity contribution in [1.29, 1.82) is 0 Å². The number of carbonyl (C=O) groups is 1. The minimum Gasteiger partial charge on any atom is -0.368 e. The smallest absolute Gasteiger partial charge is 0.234 e. The van der Waals surface area contributed by atoms with Gasteiger partial charge in [0.25, 0.3) is 0 Å². The summed E-state index contributed by atoms with van der Waals surface area (Å²) in [6.07, 6.45) is 3.77. The van der Waals surface area contributed by atoms with Crippen molar-refractivity contribution in [3.05, 3.63) is 0 Å². The molecule has 2 atom stereocenters. The first-order chi connectivity index (χ1) is 6.77. The number of hydrogen-bond acceptors (Lipinski definition) is 3. The Morgan fingerprint density at radius 3 is 2.79 bits per heavy atom. The summed E-state index contributed by atoms with van der Waals surface area (Å²) in [5, 5.41) is 3.34. The monoisotopic (exact) mass is 214 g/mol. The van der Waals surface area contributed by atoms with E-state index < -0.39 is 0 Å². The zero-order valence-electron chi connectivity index (χ0n) is 8.37. The quantitative estimate of drug-likeness (QED) is 0.704. The maximum Gasteiger partial charge on any atom is 0.234 e. The first kappa shape index (κ1) is 10.3. The number of primary amides is 1. The van der Waals surface area contributed by atoms with Crippen molar-refractivity contribution in [3.8, 4) is 0 Å². The molecule has 2 rings (SSSR count). The largest absolute Gasteiger partial charge is 0.368 e. The maximum absolute atomic E-state index is 11.3. The molecular weight excluding hydrogens is 196 g/mol. The van der Waals surface area contributed by atoms with Gasteiger partial charge in [-0.05, 0) is 49.1 Å². The highest BCUT2D eigenvalue weighted by Crippen LogP contribution is 2.29. The lowest BCUT2D eigenvalue weighted by molar-refractivity contribution is -0.121. The van der Waals surface area contributed by atoms with E-state index in [1.807, 2.05) is 11.8 Å². The number of rotatable bonds is 5. The van der Waals surface area contributed by atoms with E-state index in [2.05, 4.69) is 5.32 Å². The van der Waals surface area contributed by atoms with E-state index in [1.165, 1.54) is 18.6 Å². The van der Waals surface area contributed by atoms with Gasteiger partial charge in [-0.15, -0.1) is 0 Å². The molecule has 1 saturated heterocycles. The van der Waals surface area contributed by atoms with Gasteiger partial charge in [-0.25, -0.2) is 0 Å². The Morgan fingerprint density at radius 1 is 1.50 bits per heavy atom. The van der Waals surface area contributed by atoms with E-state index in [0.29, 0.717) is 5.92 Å². The molecule has 0 aromatic carbocycles. The third-order valence-corrected chi connectivity index (χ3v) is 4.25. The van der Waals surface area contributed by atoms with Crippen molar-refractivity contribution >= 4 is 17.7 Å². The molecule has 0 aromatic heterocycles. The van der Waals surface area contributed by atoms with Gasteiger partial charge in [0.2, 0.25) is 5.91 Å². The predicted octanol–water partition coefficient (Wildman–Crippen LogP) is 0.593. The van der Waals surface area contributed by atoms with E-state index in [1.54, 1.807) is 0 Å². The number of thioether (sulfide) groups is 1. The second-order valence-corrected chi connectivity index (χ2v) is 5.51. The van der Waals surface area contributed by atoms with E-state index in [0.717, 1.165) is 24.6 Å². The van der Waals surface area contributed by atoms with Gasteiger partial charge in [-0.1, -0.05) is 0 Å². The lowest BCUT2D eigenvalue weighted by Crippen LogP contribution is -2.47. The molecule has 1 amide bonds. The van der Waals surface area contributed by atoms with Crippen LogP contribution in [0, 0.1) is 11.8 Å². The van der Waals surface area contributed by atoms with Crippen LogP contribution in [0.3, 0.4) is 0 Å². The molecule has 4 heteroatoms. The summed E-state index contributed by atoms with van der Waals surface area (Å²) < 4.78 is 0. The number of nitrogens with two attached hydrogens (primary N) is 1. The number of hydrogen-bond donors (Lipinski definition) is 2. The molecule has 0 aromatic rings. The molecular formula is C10H18N2OS. The predicted molar refractivity (Wildman–Crippen MR) is 59.1 cm³/mol. The van der Waals surface area contributed by atoms with Gasteiger partial charge in [0.05, 0.1) is 6.04 Å². The van der Waals surface area contributed by atoms with E-state index in [9.17, 15) is 4.79 Å². The summed E-state index contributed by atoms with van der Waals surface area (Å²) in [4.78, 5) is 11.3. The molecule has 1 saturated carbocycles. The average Bonchev–Trinajstić information content (AvgIpc) is 2.80. The number of carbonyl (C=O) groups excluding carboxylic acids is 1. The summed E-state index contributed by atoms with van der Waals surface area (Å²) >= 11 is 1.93. The van der Waals surface area contributed by atoms with Crippen LogP contribution in [0.2, 0.25) is 0 Å². The van der Waals surface area contributed by atoms with E-state index in [4.69, 9.17) is 5.73 Å². The van der Waals surface area contributed by atoms with E-state index in [-0.39, 0.29) is 11.9 Å². The standard InChI is InChI=1S/C10H18N2OS/c11-10(13)9(8-3-4-14-6-8)12-5-7-1-2-7/h7-9,12H,1-6H2,(H2,11,13). The molecule has 1 aliphatic heterocycles. The van der Waals surface area contributed by atoms with Crippen LogP contribution in [0.25, 0.3) is 0 Å². The van der Waals surface area contributed by atoms with Crippen molar-refractivity contribution in [2.45, 2.75) is 25.3 Å². The molecule has 2 aliphatic rings. The van der Waals surface area contributed by atoms with Crippen LogP contribution in [0.1, 0.15) is 19.3 Å². The minimum absolute atomic E-state index is 0.0781. The fourth-order valence-corrected chi connectivity index (χ4v) is 3.23. The molecule has 3 N–H and O–H groups in total. The van der Waals surface area contributed by atoms with E-state index >= 15 is 0 Å². The van der Waals surface area contributed by atoms with Gasteiger partial charge in [-0.3, -0.25) is 4.79 Å². The molecule has 0 radical (unpaired) electrons. The molecule has 1 aliphatic carbocycles. The Kier molecular flexibility index (Phi) is 3.34. The summed E-state index contributed by atoms with van der Waals surface area (Å²) in [6.45, 7) is 0.981. The van der Waals surface area contributed by atoms with Gasteiger partial charge >= 0.3 is 0 Å². The minimum atomic E-state index is -0.168. The number of nitrogens with one attached hydrogen (secondary N) is 1. The highest BCUT2D eigenvalue weighted by atomic mass is 32.2. The maximum atomic E-state index is 11.3. The van der Waals surface area contributed by atoms with Gasteiger partial charge in [0.15, 0.2) is 0 Å². The van der Waals surface area contributed by atoms with Crippen molar-refractivity contribution in [2.24, 2.45) is 17.6 Å². The van der Waals surface area contributed by atoms with Crippen LogP contribution in [-0.4, -0.2) is 30.0 Å². The van der Waals surface area contributed by atoms with Crippen LogP contribution in [-0.2, 0) is 4.79 Å². The molecule has 0 bridgehead atoms. The van der Waals surface area contributed by atoms with Crippen molar-refractivity contribution in [1.82, 2.24) is 5.32 Å². The fraction of sp³-hybridized carbons (Fsp3) is 0.900. The molecule has 3 nitrogen and oxygen atoms in total. The van der Waals surface area contributed by atoms with Crippen LogP contribution in [0.4, 0.5) is 0 Å². The molecule has 2 fully saturated rings. The third kappa shape index (κ3) is 2.64. The highest BCUT2D eigenvalue weighted by Gasteiger charge is 2.31. The average molecular weight is 214 g/mol. The second kappa shape index (κ2) is 4.53. The highest BCUT2D eigenvalue weighted by molar-refractivity contribution is 7.99. The molecule has 80 valence electrons. The second-order valence-electron chi connectivity index (χ2n) is 4.36. The molecule has 2 unspecified atom stereocenters. The zero-order valence-corrected chi connectivity index (χ0v) is 9.19. The van der Waals surface area contributed by atoms with Gasteiger partial charge in [0, 0.05) is 0 Å². The van der Waals surface area contributed by atoms with Gasteiger partial charge < -0.3 is 11.1 Å². The van der Waals surface area contributed by atoms with Crippen LogP contribution < -0.4 is 11.1 Å². The van der Waals surface area contributed by atoms with Crippen LogP contribution >= 0.6 is 11.8 Å². The first-order valence-electron chi connectivity index (χ1n) is 5.38. The summed E-state index contributed by atoms with van der Waals surface area (Å²) in [6, 6.07) is -0.0781. The third-order valence-electron chi connectivity index (χ3n) is 3.07. The van der Waals surface area contributed by atoms with Crippen molar-refractivity contribution in [2.75, 3.05) is 18.1 Å². The zero-order chi connectivity index (χ0) is 9.97. The normalized spacial score (nSPS) is 29.0. The Balaban J connectivity index is 1.81. The van der Waals surface area contributed by atoms with Crippen LogP contribution in [0.15, 0.2) is 0 Å². The van der Waals surface area contributed by atoms with Crippen molar-refractivity contribution < 1.29 is 4.79 Å². The Hall–Kier alpha value is -0.220. The molecule has 14 heavy (non-hydrogen) atoms. The van der Waals surface area contributed by atoms with Gasteiger partial charge in [0.1, 0.15) is 0 Å². The SMILES string of the molecule is NC(=O)C(NCC1CC1)C1CCSC1. The topological polar surface area (TPSA) is 55.1 Å². The number of amides is 1. The Morgan fingerprint density at radius 2 is 2.29 bits per heavy atom. The Labute approximate surface area is 89.2 Å². The Bertz CT molecular complexity index is 212. The lowest BCUT2D eigenvalue weighted by atomic mass is 9.98. The molecule has 0 spiro atoms. The summed E-state index contributed by atoms with van der Waals surface area (Å²) in [5.41, 5.74) is 5.41. The fourth-order valence-electron chi connectivity index (χ4n) is 1.93. The lowest BCUT2D eigenvalue weighted by Gasteiger charge is -2.20. The summed E-state index contributed by atoms with van der Waals surface area (Å²) in [5.74, 6) is 3.38. The van der Waals surface area contributed by atoms with Gasteiger partial charge in [-0.2, -0.15) is 11.8 Å². The summed E-state index contributed by atoms with van der Waals surface area (Å²) in [7, 11) is 0.